The summed E-state index contributed by atoms with van der Waals surface area (Å²) < 4.78 is 0. The number of benzene rings is 2. The van der Waals surface area contributed by atoms with Gasteiger partial charge in [0.05, 0.1) is 5.52 Å². The molecule has 2 N–H and O–H groups in total. The molecule has 4 rings (SSSR count). The maximum absolute atomic E-state index is 12.5. The van der Waals surface area contributed by atoms with Gasteiger partial charge in [0.15, 0.2) is 0 Å². The number of nitrogens with one attached hydrogen (secondary N) is 2. The fraction of sp³-hybridized carbons (Fsp3) is 0.375. The number of rotatable bonds is 4. The first kappa shape index (κ1) is 18.6. The summed E-state index contributed by atoms with van der Waals surface area (Å²) in [5.41, 5.74) is 6.27. The maximum atomic E-state index is 12.5. The molecule has 146 valence electrons. The van der Waals surface area contributed by atoms with Crippen molar-refractivity contribution in [1.29, 1.82) is 0 Å². The van der Waals surface area contributed by atoms with Crippen LogP contribution in [0.25, 0.3) is 10.9 Å². The van der Waals surface area contributed by atoms with E-state index >= 15 is 0 Å². The van der Waals surface area contributed by atoms with Gasteiger partial charge >= 0.3 is 0 Å². The van der Waals surface area contributed by atoms with Crippen molar-refractivity contribution in [2.45, 2.75) is 40.2 Å². The molecule has 1 aromatic heterocycles. The Morgan fingerprint density at radius 3 is 2.43 bits per heavy atom. The van der Waals surface area contributed by atoms with Gasteiger partial charge in [-0.05, 0) is 74.1 Å². The number of pyridine rings is 1. The molecule has 1 saturated heterocycles. The van der Waals surface area contributed by atoms with Crippen LogP contribution in [0.5, 0.6) is 0 Å². The van der Waals surface area contributed by atoms with Crippen LogP contribution in [0, 0.1) is 19.8 Å². The van der Waals surface area contributed by atoms with Crippen molar-refractivity contribution in [3.63, 3.8) is 0 Å². The van der Waals surface area contributed by atoms with Crippen molar-refractivity contribution in [3.05, 3.63) is 69.5 Å². The van der Waals surface area contributed by atoms with Crippen LogP contribution in [-0.4, -0.2) is 18.1 Å². The number of aromatic amines is 1. The van der Waals surface area contributed by atoms with E-state index in [4.69, 9.17) is 0 Å². The van der Waals surface area contributed by atoms with E-state index in [9.17, 15) is 4.79 Å². The summed E-state index contributed by atoms with van der Waals surface area (Å²) in [7, 11) is 0. The van der Waals surface area contributed by atoms with Crippen LogP contribution in [0.2, 0.25) is 0 Å². The van der Waals surface area contributed by atoms with Crippen molar-refractivity contribution in [2.75, 3.05) is 23.3 Å². The standard InChI is InChI=1S/C24H29N3O/c1-16-10-12-27(13-11-16)21-8-6-20(7-9-21)25-15-19-14-22-17(2)4-5-18(3)23(22)26-24(19)28/h4-9,14,16,25H,10-13,15H2,1-3H3,(H,26,28). The van der Waals surface area contributed by atoms with E-state index < -0.39 is 0 Å². The zero-order chi connectivity index (χ0) is 19.7. The lowest BCUT2D eigenvalue weighted by atomic mass is 9.99. The largest absolute Gasteiger partial charge is 0.381 e. The van der Waals surface area contributed by atoms with E-state index in [1.807, 2.05) is 13.0 Å². The molecule has 1 fully saturated rings. The molecule has 4 heteroatoms. The van der Waals surface area contributed by atoms with Crippen LogP contribution in [-0.2, 0) is 6.54 Å². The summed E-state index contributed by atoms with van der Waals surface area (Å²) in [6.45, 7) is 9.23. The van der Waals surface area contributed by atoms with Crippen molar-refractivity contribution < 1.29 is 0 Å². The molecule has 0 aliphatic carbocycles. The Hall–Kier alpha value is -2.75. The smallest absolute Gasteiger partial charge is 0.253 e. The lowest BCUT2D eigenvalue weighted by Crippen LogP contribution is -2.32. The highest BCUT2D eigenvalue weighted by Crippen LogP contribution is 2.25. The summed E-state index contributed by atoms with van der Waals surface area (Å²) in [4.78, 5) is 18.0. The number of hydrogen-bond donors (Lipinski definition) is 2. The zero-order valence-corrected chi connectivity index (χ0v) is 17.0. The normalized spacial score (nSPS) is 15.2. The Morgan fingerprint density at radius 2 is 1.71 bits per heavy atom. The predicted molar refractivity (Wildman–Crippen MR) is 118 cm³/mol. The summed E-state index contributed by atoms with van der Waals surface area (Å²) >= 11 is 0. The average Bonchev–Trinajstić information content (AvgIpc) is 2.71. The summed E-state index contributed by atoms with van der Waals surface area (Å²) in [5.74, 6) is 0.838. The van der Waals surface area contributed by atoms with E-state index in [0.717, 1.165) is 46.7 Å². The molecule has 0 amide bonds. The molecule has 4 nitrogen and oxygen atoms in total. The number of aromatic nitrogens is 1. The van der Waals surface area contributed by atoms with E-state index in [1.54, 1.807) is 0 Å². The number of anilines is 2. The van der Waals surface area contributed by atoms with Crippen molar-refractivity contribution in [3.8, 4) is 0 Å². The third-order valence-electron chi connectivity index (χ3n) is 6.02. The fourth-order valence-electron chi connectivity index (χ4n) is 4.00. The first-order chi connectivity index (χ1) is 13.5. The van der Waals surface area contributed by atoms with Gasteiger partial charge in [0, 0.05) is 42.0 Å². The number of nitrogens with zero attached hydrogens (tertiary/aromatic N) is 1. The molecule has 2 heterocycles. The van der Waals surface area contributed by atoms with Crippen LogP contribution in [0.1, 0.15) is 36.5 Å². The molecule has 28 heavy (non-hydrogen) atoms. The Balaban J connectivity index is 1.48. The third kappa shape index (κ3) is 3.77. The number of aryl methyl sites for hydroxylation is 2. The Kier molecular flexibility index (Phi) is 5.12. The Labute approximate surface area is 166 Å². The fourth-order valence-corrected chi connectivity index (χ4v) is 4.00. The highest BCUT2D eigenvalue weighted by atomic mass is 16.1. The second-order valence-electron chi connectivity index (χ2n) is 8.18. The van der Waals surface area contributed by atoms with Gasteiger partial charge in [-0.25, -0.2) is 0 Å². The molecule has 0 radical (unpaired) electrons. The molecule has 0 bridgehead atoms. The minimum Gasteiger partial charge on any atom is -0.381 e. The molecule has 0 unspecified atom stereocenters. The molecule has 3 aromatic rings. The number of H-pyrrole nitrogens is 1. The van der Waals surface area contributed by atoms with Gasteiger partial charge in [0.1, 0.15) is 0 Å². The first-order valence-corrected chi connectivity index (χ1v) is 10.2. The quantitative estimate of drug-likeness (QED) is 0.675. The van der Waals surface area contributed by atoms with Crippen LogP contribution >= 0.6 is 0 Å². The maximum Gasteiger partial charge on any atom is 0.253 e. The molecule has 0 saturated carbocycles. The molecule has 1 aliphatic rings. The molecule has 1 aliphatic heterocycles. The SMILES string of the molecule is Cc1ccc(C)c2[nH]c(=O)c(CNc3ccc(N4CCC(C)CC4)cc3)cc12. The monoisotopic (exact) mass is 375 g/mol. The van der Waals surface area contributed by atoms with Gasteiger partial charge in [0.25, 0.3) is 5.56 Å². The number of fused-ring (bicyclic) bond motifs is 1. The number of piperidine rings is 1. The molecule has 0 atom stereocenters. The zero-order valence-electron chi connectivity index (χ0n) is 17.0. The minimum absolute atomic E-state index is 0.0206. The lowest BCUT2D eigenvalue weighted by Gasteiger charge is -2.32. The van der Waals surface area contributed by atoms with Crippen molar-refractivity contribution in [2.24, 2.45) is 5.92 Å². The number of hydrogen-bond acceptors (Lipinski definition) is 3. The summed E-state index contributed by atoms with van der Waals surface area (Å²) in [5, 5.41) is 4.52. The average molecular weight is 376 g/mol. The predicted octanol–water partition coefficient (Wildman–Crippen LogP) is 4.99. The van der Waals surface area contributed by atoms with Gasteiger partial charge in [-0.2, -0.15) is 0 Å². The molecular formula is C24H29N3O. The van der Waals surface area contributed by atoms with Crippen LogP contribution in [0.3, 0.4) is 0 Å². The second kappa shape index (κ2) is 7.70. The Morgan fingerprint density at radius 1 is 1.04 bits per heavy atom. The topological polar surface area (TPSA) is 48.1 Å². The van der Waals surface area contributed by atoms with Crippen LogP contribution < -0.4 is 15.8 Å². The Bertz CT molecular complexity index is 1030. The highest BCUT2D eigenvalue weighted by Gasteiger charge is 2.15. The van der Waals surface area contributed by atoms with Crippen molar-refractivity contribution >= 4 is 22.3 Å². The molecular weight excluding hydrogens is 346 g/mol. The van der Waals surface area contributed by atoms with Crippen LogP contribution in [0.4, 0.5) is 11.4 Å². The van der Waals surface area contributed by atoms with E-state index in [0.29, 0.717) is 6.54 Å². The second-order valence-corrected chi connectivity index (χ2v) is 8.18. The highest BCUT2D eigenvalue weighted by molar-refractivity contribution is 5.85. The van der Waals surface area contributed by atoms with E-state index in [1.165, 1.54) is 24.1 Å². The van der Waals surface area contributed by atoms with E-state index in [-0.39, 0.29) is 5.56 Å². The lowest BCUT2D eigenvalue weighted by molar-refractivity contribution is 0.438. The summed E-state index contributed by atoms with van der Waals surface area (Å²) in [6, 6.07) is 14.7. The molecule has 2 aromatic carbocycles. The minimum atomic E-state index is -0.0206. The van der Waals surface area contributed by atoms with E-state index in [2.05, 4.69) is 65.4 Å². The van der Waals surface area contributed by atoms with Gasteiger partial charge in [-0.3, -0.25) is 4.79 Å². The molecule has 0 spiro atoms. The summed E-state index contributed by atoms with van der Waals surface area (Å²) in [6.07, 6.45) is 2.53. The first-order valence-electron chi connectivity index (χ1n) is 10.2. The third-order valence-corrected chi connectivity index (χ3v) is 6.02. The van der Waals surface area contributed by atoms with Gasteiger partial charge in [-0.1, -0.05) is 19.1 Å². The van der Waals surface area contributed by atoms with Gasteiger partial charge in [-0.15, -0.1) is 0 Å². The van der Waals surface area contributed by atoms with Crippen molar-refractivity contribution in [1.82, 2.24) is 4.98 Å². The van der Waals surface area contributed by atoms with Gasteiger partial charge in [0.2, 0.25) is 0 Å². The van der Waals surface area contributed by atoms with Gasteiger partial charge < -0.3 is 15.2 Å². The van der Waals surface area contributed by atoms with Crippen LogP contribution in [0.15, 0.2) is 47.3 Å².